The lowest BCUT2D eigenvalue weighted by Gasteiger charge is -2.25. The number of likely N-dealkylation sites (N-methyl/N-ethyl adjacent to an activating group) is 1. The minimum Gasteiger partial charge on any atom is -0.392 e. The molecule has 2 unspecified atom stereocenters. The van der Waals surface area contributed by atoms with Crippen LogP contribution < -0.4 is 5.32 Å². The van der Waals surface area contributed by atoms with Crippen LogP contribution in [-0.2, 0) is 0 Å². The average molecular weight is 172 g/mol. The summed E-state index contributed by atoms with van der Waals surface area (Å²) >= 11 is 0. The first-order chi connectivity index (χ1) is 5.74. The standard InChI is InChI=1S/C9H20N2O/c1-3-9(12)7-11(2)8-4-5-10-6-8/h8-10,12H,3-7H2,1-2H3. The van der Waals surface area contributed by atoms with Gasteiger partial charge in [-0.05, 0) is 26.4 Å². The summed E-state index contributed by atoms with van der Waals surface area (Å²) in [6, 6.07) is 0.631. The van der Waals surface area contributed by atoms with E-state index in [9.17, 15) is 5.11 Å². The molecule has 1 aliphatic heterocycles. The summed E-state index contributed by atoms with van der Waals surface area (Å²) in [5.74, 6) is 0. The fraction of sp³-hybridized carbons (Fsp3) is 1.00. The topological polar surface area (TPSA) is 35.5 Å². The summed E-state index contributed by atoms with van der Waals surface area (Å²) in [4.78, 5) is 2.26. The van der Waals surface area contributed by atoms with Crippen molar-refractivity contribution < 1.29 is 5.11 Å². The van der Waals surface area contributed by atoms with Crippen molar-refractivity contribution in [1.29, 1.82) is 0 Å². The highest BCUT2D eigenvalue weighted by molar-refractivity contribution is 4.79. The van der Waals surface area contributed by atoms with Gasteiger partial charge in [0.1, 0.15) is 0 Å². The van der Waals surface area contributed by atoms with Crippen LogP contribution in [0.5, 0.6) is 0 Å². The van der Waals surface area contributed by atoms with Gasteiger partial charge in [-0.3, -0.25) is 4.90 Å². The molecule has 1 saturated heterocycles. The van der Waals surface area contributed by atoms with E-state index in [1.54, 1.807) is 0 Å². The zero-order valence-corrected chi connectivity index (χ0v) is 8.08. The molecule has 0 aromatic rings. The maximum Gasteiger partial charge on any atom is 0.0664 e. The van der Waals surface area contributed by atoms with Crippen molar-refractivity contribution in [1.82, 2.24) is 10.2 Å². The van der Waals surface area contributed by atoms with Crippen LogP contribution in [0.4, 0.5) is 0 Å². The van der Waals surface area contributed by atoms with Gasteiger partial charge in [-0.2, -0.15) is 0 Å². The minimum atomic E-state index is -0.157. The molecule has 0 amide bonds. The van der Waals surface area contributed by atoms with Crippen molar-refractivity contribution in [3.8, 4) is 0 Å². The van der Waals surface area contributed by atoms with Gasteiger partial charge in [0.05, 0.1) is 6.10 Å². The molecule has 0 aliphatic carbocycles. The highest BCUT2D eigenvalue weighted by Crippen LogP contribution is 2.07. The van der Waals surface area contributed by atoms with Crippen molar-refractivity contribution in [2.75, 3.05) is 26.7 Å². The van der Waals surface area contributed by atoms with Crippen molar-refractivity contribution in [3.63, 3.8) is 0 Å². The second kappa shape index (κ2) is 4.80. The first-order valence-corrected chi connectivity index (χ1v) is 4.83. The molecule has 0 spiro atoms. The number of hydrogen-bond donors (Lipinski definition) is 2. The van der Waals surface area contributed by atoms with Crippen LogP contribution in [0.15, 0.2) is 0 Å². The number of nitrogens with zero attached hydrogens (tertiary/aromatic N) is 1. The van der Waals surface area contributed by atoms with E-state index in [0.717, 1.165) is 26.1 Å². The first kappa shape index (κ1) is 9.96. The second-order valence-electron chi connectivity index (χ2n) is 3.65. The molecule has 72 valence electrons. The molecule has 2 N–H and O–H groups in total. The molecule has 12 heavy (non-hydrogen) atoms. The van der Waals surface area contributed by atoms with Gasteiger partial charge in [0.25, 0.3) is 0 Å². The van der Waals surface area contributed by atoms with Crippen LogP contribution in [0.25, 0.3) is 0 Å². The highest BCUT2D eigenvalue weighted by atomic mass is 16.3. The Balaban J connectivity index is 2.21. The summed E-state index contributed by atoms with van der Waals surface area (Å²) < 4.78 is 0. The molecular formula is C9H20N2O. The normalized spacial score (nSPS) is 26.5. The number of rotatable bonds is 4. The quantitative estimate of drug-likeness (QED) is 0.629. The summed E-state index contributed by atoms with van der Waals surface area (Å²) in [7, 11) is 2.09. The maximum atomic E-state index is 9.43. The SMILES string of the molecule is CCC(O)CN(C)C1CCNC1. The largest absolute Gasteiger partial charge is 0.392 e. The van der Waals surface area contributed by atoms with E-state index in [-0.39, 0.29) is 6.10 Å². The molecule has 3 heteroatoms. The second-order valence-corrected chi connectivity index (χ2v) is 3.65. The van der Waals surface area contributed by atoms with E-state index in [1.165, 1.54) is 6.42 Å². The van der Waals surface area contributed by atoms with Gasteiger partial charge in [-0.15, -0.1) is 0 Å². The average Bonchev–Trinajstić information content (AvgIpc) is 2.56. The van der Waals surface area contributed by atoms with Crippen LogP contribution in [0, 0.1) is 0 Å². The number of nitrogens with one attached hydrogen (secondary N) is 1. The molecule has 0 aromatic carbocycles. The van der Waals surface area contributed by atoms with Gasteiger partial charge >= 0.3 is 0 Å². The molecule has 0 radical (unpaired) electrons. The molecule has 2 atom stereocenters. The molecule has 0 aromatic heterocycles. The monoisotopic (exact) mass is 172 g/mol. The molecule has 1 heterocycles. The van der Waals surface area contributed by atoms with E-state index in [0.29, 0.717) is 6.04 Å². The summed E-state index contributed by atoms with van der Waals surface area (Å²) in [5.41, 5.74) is 0. The zero-order chi connectivity index (χ0) is 8.97. The molecule has 0 saturated carbocycles. The molecule has 1 aliphatic rings. The van der Waals surface area contributed by atoms with E-state index in [4.69, 9.17) is 0 Å². The van der Waals surface area contributed by atoms with E-state index < -0.39 is 0 Å². The molecule has 1 fully saturated rings. The Bertz CT molecular complexity index is 124. The maximum absolute atomic E-state index is 9.43. The Hall–Kier alpha value is -0.120. The van der Waals surface area contributed by atoms with Crippen LogP contribution in [0.2, 0.25) is 0 Å². The molecule has 1 rings (SSSR count). The van der Waals surface area contributed by atoms with E-state index in [2.05, 4.69) is 17.3 Å². The van der Waals surface area contributed by atoms with Crippen LogP contribution >= 0.6 is 0 Å². The lowest BCUT2D eigenvalue weighted by molar-refractivity contribution is 0.105. The third kappa shape index (κ3) is 2.73. The Labute approximate surface area is 74.8 Å². The Morgan fingerprint density at radius 3 is 2.92 bits per heavy atom. The van der Waals surface area contributed by atoms with Crippen molar-refractivity contribution in [3.05, 3.63) is 0 Å². The lowest BCUT2D eigenvalue weighted by atomic mass is 10.2. The Morgan fingerprint density at radius 1 is 1.67 bits per heavy atom. The van der Waals surface area contributed by atoms with Gasteiger partial charge in [0, 0.05) is 19.1 Å². The first-order valence-electron chi connectivity index (χ1n) is 4.83. The van der Waals surface area contributed by atoms with Crippen LogP contribution in [0.1, 0.15) is 19.8 Å². The van der Waals surface area contributed by atoms with Crippen molar-refractivity contribution in [2.45, 2.75) is 31.9 Å². The molecule has 3 nitrogen and oxygen atoms in total. The van der Waals surface area contributed by atoms with Gasteiger partial charge < -0.3 is 10.4 Å². The Kier molecular flexibility index (Phi) is 3.98. The van der Waals surface area contributed by atoms with Crippen molar-refractivity contribution in [2.24, 2.45) is 0 Å². The number of aliphatic hydroxyl groups is 1. The van der Waals surface area contributed by atoms with Crippen LogP contribution in [-0.4, -0.2) is 48.8 Å². The molecular weight excluding hydrogens is 152 g/mol. The van der Waals surface area contributed by atoms with Gasteiger partial charge in [0.15, 0.2) is 0 Å². The fourth-order valence-corrected chi connectivity index (χ4v) is 1.63. The third-order valence-corrected chi connectivity index (χ3v) is 2.63. The van der Waals surface area contributed by atoms with Gasteiger partial charge in [-0.25, -0.2) is 0 Å². The van der Waals surface area contributed by atoms with E-state index >= 15 is 0 Å². The third-order valence-electron chi connectivity index (χ3n) is 2.63. The van der Waals surface area contributed by atoms with Gasteiger partial charge in [-0.1, -0.05) is 6.92 Å². The van der Waals surface area contributed by atoms with Crippen LogP contribution in [0.3, 0.4) is 0 Å². The number of aliphatic hydroxyl groups excluding tert-OH is 1. The predicted octanol–water partition coefficient (Wildman–Crippen LogP) is 0.0510. The summed E-state index contributed by atoms with van der Waals surface area (Å²) in [6.07, 6.45) is 1.91. The predicted molar refractivity (Wildman–Crippen MR) is 50.2 cm³/mol. The Morgan fingerprint density at radius 2 is 2.42 bits per heavy atom. The van der Waals surface area contributed by atoms with Crippen molar-refractivity contribution >= 4 is 0 Å². The fourth-order valence-electron chi connectivity index (χ4n) is 1.63. The smallest absolute Gasteiger partial charge is 0.0664 e. The van der Waals surface area contributed by atoms with E-state index in [1.807, 2.05) is 6.92 Å². The minimum absolute atomic E-state index is 0.157. The zero-order valence-electron chi connectivity index (χ0n) is 8.08. The summed E-state index contributed by atoms with van der Waals surface area (Å²) in [5, 5.41) is 12.7. The molecule has 0 bridgehead atoms. The summed E-state index contributed by atoms with van der Waals surface area (Å²) in [6.45, 7) is 5.03. The van der Waals surface area contributed by atoms with Gasteiger partial charge in [0.2, 0.25) is 0 Å². The lowest BCUT2D eigenvalue weighted by Crippen LogP contribution is -2.38. The highest BCUT2D eigenvalue weighted by Gasteiger charge is 2.20. The number of hydrogen-bond acceptors (Lipinski definition) is 3.